The molecule has 1 unspecified atom stereocenters. The van der Waals surface area contributed by atoms with Crippen molar-refractivity contribution >= 4 is 83.2 Å². The zero-order valence-electron chi connectivity index (χ0n) is 13.6. The number of carbonyl (C=O) groups excluding carboxylic acids is 1. The Morgan fingerprint density at radius 2 is 1.52 bits per heavy atom. The van der Waals surface area contributed by atoms with Crippen LogP contribution in [0, 0.1) is 0 Å². The molecule has 0 saturated carbocycles. The molecule has 4 heterocycles. The van der Waals surface area contributed by atoms with Gasteiger partial charge in [-0.05, 0) is 56.1 Å². The van der Waals surface area contributed by atoms with Crippen molar-refractivity contribution in [1.29, 1.82) is 0 Å². The molecule has 27 heavy (non-hydrogen) atoms. The third-order valence-corrected chi connectivity index (χ3v) is 8.36. The minimum absolute atomic E-state index is 0.205. The first kappa shape index (κ1) is 17.9. The highest BCUT2D eigenvalue weighted by Crippen LogP contribution is 2.50. The third-order valence-electron chi connectivity index (χ3n) is 4.55. The zero-order chi connectivity index (χ0) is 18.9. The van der Waals surface area contributed by atoms with E-state index in [0.717, 1.165) is 45.7 Å². The number of hydrogen-bond acceptors (Lipinski definition) is 7. The van der Waals surface area contributed by atoms with Crippen LogP contribution in [0.5, 0.6) is 0 Å². The Balaban J connectivity index is 1.97. The summed E-state index contributed by atoms with van der Waals surface area (Å²) in [6.07, 6.45) is -1.02. The summed E-state index contributed by atoms with van der Waals surface area (Å²) in [5.74, 6) is -0.205. The van der Waals surface area contributed by atoms with E-state index in [9.17, 15) is 9.90 Å². The summed E-state index contributed by atoms with van der Waals surface area (Å²) in [5, 5.41) is 10.9. The van der Waals surface area contributed by atoms with Crippen molar-refractivity contribution in [3.63, 3.8) is 0 Å². The maximum Gasteiger partial charge on any atom is 0.257 e. The van der Waals surface area contributed by atoms with Crippen molar-refractivity contribution in [2.45, 2.75) is 6.23 Å². The number of nitrogens with zero attached hydrogens (tertiary/aromatic N) is 3. The number of rotatable bonds is 2. The maximum atomic E-state index is 13.1. The van der Waals surface area contributed by atoms with E-state index in [-0.39, 0.29) is 5.91 Å². The van der Waals surface area contributed by atoms with Crippen LogP contribution in [-0.2, 0) is 0 Å². The molecular formula is C17H9Br2N3O2S3. The third kappa shape index (κ3) is 2.58. The molecule has 136 valence electrons. The van der Waals surface area contributed by atoms with E-state index in [1.165, 1.54) is 16.2 Å². The molecule has 3 aromatic heterocycles. The number of fused-ring (bicyclic) bond motifs is 2. The lowest BCUT2D eigenvalue weighted by molar-refractivity contribution is 0.0304. The molecule has 1 aromatic carbocycles. The Morgan fingerprint density at radius 1 is 0.963 bits per heavy atom. The first-order chi connectivity index (χ1) is 13.0. The molecule has 0 aliphatic carbocycles. The summed E-state index contributed by atoms with van der Waals surface area (Å²) in [5.41, 5.74) is 4.07. The van der Waals surface area contributed by atoms with Crippen LogP contribution in [0.3, 0.4) is 0 Å². The largest absolute Gasteiger partial charge is 0.369 e. The Bertz CT molecular complexity index is 1230. The van der Waals surface area contributed by atoms with Gasteiger partial charge in [0.2, 0.25) is 0 Å². The van der Waals surface area contributed by atoms with Crippen LogP contribution in [0.4, 0.5) is 0 Å². The normalized spacial score (nSPS) is 16.5. The lowest BCUT2D eigenvalue weighted by Crippen LogP contribution is -2.22. The van der Waals surface area contributed by atoms with Crippen LogP contribution in [0.25, 0.3) is 31.9 Å². The molecule has 1 atom stereocenters. The minimum atomic E-state index is -1.02. The van der Waals surface area contributed by atoms with E-state index in [0.29, 0.717) is 16.6 Å². The fourth-order valence-corrected chi connectivity index (χ4v) is 6.81. The summed E-state index contributed by atoms with van der Waals surface area (Å²) in [4.78, 5) is 16.3. The molecule has 1 amide bonds. The van der Waals surface area contributed by atoms with E-state index in [1.54, 1.807) is 18.4 Å². The van der Waals surface area contributed by atoms with Gasteiger partial charge in [0.05, 0.1) is 24.9 Å². The molecule has 0 saturated heterocycles. The number of carbonyl (C=O) groups is 1. The standard InChI is InChI=1S/C17H9Br2N3O2S3/c1-22-16(23)12-10(6-2-4-8(18)25-6)14-15(21-27-20-14)11(13(12)17(22)24)7-3-5-9(19)26-7/h2-5,16,23H,1H3. The van der Waals surface area contributed by atoms with Crippen LogP contribution in [0.1, 0.15) is 22.1 Å². The van der Waals surface area contributed by atoms with Crippen LogP contribution < -0.4 is 0 Å². The Kier molecular flexibility index (Phi) is 4.26. The average molecular weight is 543 g/mol. The molecule has 0 spiro atoms. The minimum Gasteiger partial charge on any atom is -0.369 e. The number of hydrogen-bond donors (Lipinski definition) is 1. The molecule has 1 N–H and O–H groups in total. The molecule has 5 nitrogen and oxygen atoms in total. The van der Waals surface area contributed by atoms with E-state index in [2.05, 4.69) is 40.6 Å². The summed E-state index contributed by atoms with van der Waals surface area (Å²) in [6.45, 7) is 0. The molecule has 4 aromatic rings. The monoisotopic (exact) mass is 541 g/mol. The summed E-state index contributed by atoms with van der Waals surface area (Å²) < 4.78 is 11.0. The Hall–Kier alpha value is -1.17. The number of benzene rings is 1. The number of amides is 1. The fourth-order valence-electron chi connectivity index (χ4n) is 3.37. The van der Waals surface area contributed by atoms with Crippen LogP contribution in [0.2, 0.25) is 0 Å². The van der Waals surface area contributed by atoms with Crippen molar-refractivity contribution in [2.75, 3.05) is 7.05 Å². The van der Waals surface area contributed by atoms with Gasteiger partial charge in [-0.3, -0.25) is 4.79 Å². The molecule has 5 rings (SSSR count). The predicted octanol–water partition coefficient (Wildman–Crippen LogP) is 5.75. The lowest BCUT2D eigenvalue weighted by Gasteiger charge is -2.16. The second kappa shape index (κ2) is 6.43. The van der Waals surface area contributed by atoms with Gasteiger partial charge >= 0.3 is 0 Å². The lowest BCUT2D eigenvalue weighted by atomic mass is 9.93. The zero-order valence-corrected chi connectivity index (χ0v) is 19.2. The summed E-state index contributed by atoms with van der Waals surface area (Å²) >= 11 is 11.2. The molecule has 0 radical (unpaired) electrons. The highest BCUT2D eigenvalue weighted by Gasteiger charge is 2.41. The van der Waals surface area contributed by atoms with Crippen molar-refractivity contribution in [3.8, 4) is 20.9 Å². The van der Waals surface area contributed by atoms with Crippen molar-refractivity contribution in [3.05, 3.63) is 43.0 Å². The topological polar surface area (TPSA) is 66.3 Å². The van der Waals surface area contributed by atoms with E-state index in [1.807, 2.05) is 24.3 Å². The number of halogens is 2. The molecule has 0 bridgehead atoms. The van der Waals surface area contributed by atoms with E-state index < -0.39 is 6.23 Å². The van der Waals surface area contributed by atoms with Crippen LogP contribution >= 0.6 is 66.3 Å². The average Bonchev–Trinajstić information content (AvgIpc) is 3.41. The van der Waals surface area contributed by atoms with Gasteiger partial charge in [-0.15, -0.1) is 22.7 Å². The first-order valence-electron chi connectivity index (χ1n) is 7.76. The number of aliphatic hydroxyl groups excluding tert-OH is 1. The van der Waals surface area contributed by atoms with Gasteiger partial charge in [0.1, 0.15) is 11.0 Å². The molecule has 1 aliphatic heterocycles. The quantitative estimate of drug-likeness (QED) is 0.350. The highest BCUT2D eigenvalue weighted by molar-refractivity contribution is 9.11. The molecular weight excluding hydrogens is 534 g/mol. The predicted molar refractivity (Wildman–Crippen MR) is 116 cm³/mol. The SMILES string of the molecule is CN1C(=O)c2c(c(-c3ccc(Br)s3)c3nsnc3c2-c2ccc(Br)s2)C1O. The molecule has 0 fully saturated rings. The van der Waals surface area contributed by atoms with Gasteiger partial charge in [0, 0.05) is 33.5 Å². The smallest absolute Gasteiger partial charge is 0.257 e. The van der Waals surface area contributed by atoms with Crippen molar-refractivity contribution < 1.29 is 9.90 Å². The van der Waals surface area contributed by atoms with Gasteiger partial charge in [-0.2, -0.15) is 8.75 Å². The Labute approximate surface area is 182 Å². The second-order valence-corrected chi connectivity index (χ2v) is 11.5. The van der Waals surface area contributed by atoms with E-state index >= 15 is 0 Å². The van der Waals surface area contributed by atoms with Crippen molar-refractivity contribution in [1.82, 2.24) is 13.6 Å². The highest BCUT2D eigenvalue weighted by atomic mass is 79.9. The number of thiophene rings is 2. The first-order valence-corrected chi connectivity index (χ1v) is 11.7. The number of aromatic nitrogens is 2. The fraction of sp³-hybridized carbons (Fsp3) is 0.118. The van der Waals surface area contributed by atoms with Crippen LogP contribution in [-0.4, -0.2) is 31.7 Å². The number of aliphatic hydroxyl groups is 1. The maximum absolute atomic E-state index is 13.1. The van der Waals surface area contributed by atoms with Gasteiger partial charge in [-0.1, -0.05) is 0 Å². The van der Waals surface area contributed by atoms with Gasteiger partial charge in [-0.25, -0.2) is 0 Å². The van der Waals surface area contributed by atoms with Gasteiger partial charge in [0.25, 0.3) is 5.91 Å². The Morgan fingerprint density at radius 3 is 2.07 bits per heavy atom. The summed E-state index contributed by atoms with van der Waals surface area (Å²) in [6, 6.07) is 7.83. The van der Waals surface area contributed by atoms with Gasteiger partial charge in [0.15, 0.2) is 6.23 Å². The molecule has 10 heteroatoms. The second-order valence-electron chi connectivity index (χ2n) is 6.00. The summed E-state index contributed by atoms with van der Waals surface area (Å²) in [7, 11) is 1.61. The van der Waals surface area contributed by atoms with Gasteiger partial charge < -0.3 is 10.0 Å². The molecule has 1 aliphatic rings. The van der Waals surface area contributed by atoms with Crippen LogP contribution in [0.15, 0.2) is 31.8 Å². The van der Waals surface area contributed by atoms with Crippen molar-refractivity contribution in [2.24, 2.45) is 0 Å². The van der Waals surface area contributed by atoms with E-state index in [4.69, 9.17) is 0 Å².